The van der Waals surface area contributed by atoms with E-state index >= 15 is 0 Å². The number of rotatable bonds is 5. The molecule has 0 spiro atoms. The van der Waals surface area contributed by atoms with Crippen molar-refractivity contribution in [2.75, 3.05) is 17.7 Å². The molecule has 1 aromatic carbocycles. The predicted octanol–water partition coefficient (Wildman–Crippen LogP) is 3.27. The third-order valence-corrected chi connectivity index (χ3v) is 4.42. The predicted molar refractivity (Wildman–Crippen MR) is 68.1 cm³/mol. The van der Waals surface area contributed by atoms with Crippen LogP contribution in [0.15, 0.2) is 29.2 Å². The molecule has 1 atom stereocenters. The largest absolute Gasteiger partial charge is 0.501 e. The highest BCUT2D eigenvalue weighted by molar-refractivity contribution is 7.92. The zero-order valence-electron chi connectivity index (χ0n) is 10.0. The second-order valence-corrected chi connectivity index (χ2v) is 6.36. The van der Waals surface area contributed by atoms with E-state index in [9.17, 15) is 21.6 Å². The Morgan fingerprint density at radius 2 is 1.79 bits per heavy atom. The molecule has 1 unspecified atom stereocenters. The third-order valence-electron chi connectivity index (χ3n) is 2.39. The van der Waals surface area contributed by atoms with Crippen molar-refractivity contribution in [3.8, 4) is 0 Å². The molecule has 3 nitrogen and oxygen atoms in total. The lowest BCUT2D eigenvalue weighted by molar-refractivity contribution is -0.0436. The summed E-state index contributed by atoms with van der Waals surface area (Å²) in [4.78, 5) is -0.768. The summed E-state index contributed by atoms with van der Waals surface area (Å²) in [5.74, 6) is 0.647. The first-order valence-corrected chi connectivity index (χ1v) is 7.41. The van der Waals surface area contributed by atoms with Gasteiger partial charge in [0.15, 0.2) is 0 Å². The lowest BCUT2D eigenvalue weighted by atomic mass is 10.2. The summed E-state index contributed by atoms with van der Waals surface area (Å²) in [6, 6.07) is 4.44. The maximum atomic E-state index is 12.3. The average molecular weight is 316 g/mol. The van der Waals surface area contributed by atoms with Crippen LogP contribution in [0, 0.1) is 5.92 Å². The Hall–Kier alpha value is -0.950. The van der Waals surface area contributed by atoms with Crippen LogP contribution < -0.4 is 5.32 Å². The van der Waals surface area contributed by atoms with E-state index in [0.29, 0.717) is 18.1 Å². The normalized spacial score (nSPS) is 14.2. The number of hydrogen-bond donors (Lipinski definition) is 1. The molecule has 1 rings (SSSR count). The summed E-state index contributed by atoms with van der Waals surface area (Å²) in [6.45, 7) is 2.46. The van der Waals surface area contributed by atoms with Crippen molar-refractivity contribution in [2.45, 2.75) is 17.3 Å². The number of alkyl halides is 4. The van der Waals surface area contributed by atoms with Crippen LogP contribution in [0.25, 0.3) is 0 Å². The molecule has 0 aliphatic rings. The maximum absolute atomic E-state index is 12.3. The van der Waals surface area contributed by atoms with E-state index in [0.717, 1.165) is 12.1 Å². The Labute approximate surface area is 114 Å². The molecule has 0 aromatic heterocycles. The first kappa shape index (κ1) is 16.1. The minimum absolute atomic E-state index is 0.195. The van der Waals surface area contributed by atoms with Crippen LogP contribution in [0.1, 0.15) is 6.92 Å². The molecule has 0 fully saturated rings. The van der Waals surface area contributed by atoms with Crippen LogP contribution in [0.2, 0.25) is 0 Å². The van der Waals surface area contributed by atoms with E-state index in [1.54, 1.807) is 0 Å². The van der Waals surface area contributed by atoms with E-state index in [1.807, 2.05) is 6.92 Å². The van der Waals surface area contributed by atoms with Gasteiger partial charge < -0.3 is 5.32 Å². The van der Waals surface area contributed by atoms with E-state index in [-0.39, 0.29) is 5.92 Å². The van der Waals surface area contributed by atoms with Gasteiger partial charge in [0.1, 0.15) is 0 Å². The van der Waals surface area contributed by atoms with Crippen LogP contribution in [0.4, 0.5) is 18.9 Å². The number of anilines is 1. The van der Waals surface area contributed by atoms with Gasteiger partial charge in [0.05, 0.1) is 4.90 Å². The van der Waals surface area contributed by atoms with Gasteiger partial charge in [-0.05, 0) is 30.2 Å². The fraction of sp³-hybridized carbons (Fsp3) is 0.455. The summed E-state index contributed by atoms with van der Waals surface area (Å²) < 4.78 is 59.1. The molecular formula is C11H13ClF3NO2S. The topological polar surface area (TPSA) is 46.2 Å². The van der Waals surface area contributed by atoms with Crippen molar-refractivity contribution in [1.29, 1.82) is 0 Å². The molecule has 0 saturated carbocycles. The fourth-order valence-electron chi connectivity index (χ4n) is 1.23. The number of sulfone groups is 1. The highest BCUT2D eigenvalue weighted by Gasteiger charge is 2.46. The highest BCUT2D eigenvalue weighted by Crippen LogP contribution is 2.30. The maximum Gasteiger partial charge on any atom is 0.501 e. The van der Waals surface area contributed by atoms with Gasteiger partial charge in [0.2, 0.25) is 0 Å². The highest BCUT2D eigenvalue weighted by atomic mass is 35.5. The Morgan fingerprint density at radius 1 is 1.26 bits per heavy atom. The number of nitrogens with one attached hydrogen (secondary N) is 1. The smallest absolute Gasteiger partial charge is 0.385 e. The van der Waals surface area contributed by atoms with Crippen molar-refractivity contribution in [3.05, 3.63) is 24.3 Å². The quantitative estimate of drug-likeness (QED) is 0.848. The molecule has 8 heteroatoms. The van der Waals surface area contributed by atoms with Gasteiger partial charge in [-0.1, -0.05) is 6.92 Å². The third kappa shape index (κ3) is 4.01. The van der Waals surface area contributed by atoms with Gasteiger partial charge in [-0.15, -0.1) is 11.6 Å². The van der Waals surface area contributed by atoms with Crippen molar-refractivity contribution in [3.63, 3.8) is 0 Å². The van der Waals surface area contributed by atoms with E-state index in [4.69, 9.17) is 11.6 Å². The van der Waals surface area contributed by atoms with Crippen LogP contribution in [-0.4, -0.2) is 26.4 Å². The second kappa shape index (κ2) is 6.00. The molecule has 0 aliphatic carbocycles. The molecule has 19 heavy (non-hydrogen) atoms. The zero-order valence-corrected chi connectivity index (χ0v) is 11.6. The monoisotopic (exact) mass is 315 g/mol. The number of hydrogen-bond acceptors (Lipinski definition) is 3. The first-order chi connectivity index (χ1) is 8.68. The lowest BCUT2D eigenvalue weighted by Gasteiger charge is -2.12. The Kier molecular flexibility index (Phi) is 5.09. The molecule has 0 saturated heterocycles. The van der Waals surface area contributed by atoms with Gasteiger partial charge in [-0.2, -0.15) is 13.2 Å². The SMILES string of the molecule is CC(CCl)CNc1ccc(S(=O)(=O)C(F)(F)F)cc1. The number of halogens is 4. The van der Waals surface area contributed by atoms with Crippen LogP contribution in [0.5, 0.6) is 0 Å². The molecule has 108 valence electrons. The van der Waals surface area contributed by atoms with Gasteiger partial charge in [-0.3, -0.25) is 0 Å². The lowest BCUT2D eigenvalue weighted by Crippen LogP contribution is -2.23. The molecule has 0 aliphatic heterocycles. The van der Waals surface area contributed by atoms with Gasteiger partial charge in [0.25, 0.3) is 9.84 Å². The summed E-state index contributed by atoms with van der Waals surface area (Å²) >= 11 is 5.61. The Bertz CT molecular complexity index is 514. The van der Waals surface area contributed by atoms with Crippen LogP contribution in [0.3, 0.4) is 0 Å². The standard InChI is InChI=1S/C11H13ClF3NO2S/c1-8(6-12)7-16-9-2-4-10(5-3-9)19(17,18)11(13,14)15/h2-5,8,16H,6-7H2,1H3. The molecular weight excluding hydrogens is 303 g/mol. The van der Waals surface area contributed by atoms with Crippen molar-refractivity contribution >= 4 is 27.1 Å². The fourth-order valence-corrected chi connectivity index (χ4v) is 2.10. The van der Waals surface area contributed by atoms with Crippen molar-refractivity contribution in [2.24, 2.45) is 5.92 Å². The van der Waals surface area contributed by atoms with Gasteiger partial charge >= 0.3 is 5.51 Å². The molecule has 0 radical (unpaired) electrons. The van der Waals surface area contributed by atoms with Crippen LogP contribution >= 0.6 is 11.6 Å². The Balaban J connectivity index is 2.83. The molecule has 0 amide bonds. The zero-order chi connectivity index (χ0) is 14.7. The molecule has 0 bridgehead atoms. The Morgan fingerprint density at radius 3 is 2.21 bits per heavy atom. The van der Waals surface area contributed by atoms with Gasteiger partial charge in [0, 0.05) is 18.1 Å². The van der Waals surface area contributed by atoms with E-state index in [1.165, 1.54) is 12.1 Å². The van der Waals surface area contributed by atoms with Crippen molar-refractivity contribution in [1.82, 2.24) is 0 Å². The second-order valence-electron chi connectivity index (χ2n) is 4.11. The minimum atomic E-state index is -5.28. The van der Waals surface area contributed by atoms with E-state index in [2.05, 4.69) is 5.32 Å². The van der Waals surface area contributed by atoms with E-state index < -0.39 is 20.2 Å². The summed E-state index contributed by atoms with van der Waals surface area (Å²) in [5, 5.41) is 2.95. The first-order valence-electron chi connectivity index (χ1n) is 5.39. The minimum Gasteiger partial charge on any atom is -0.385 e. The average Bonchev–Trinajstić information content (AvgIpc) is 2.35. The summed E-state index contributed by atoms with van der Waals surface area (Å²) in [6.07, 6.45) is 0. The molecule has 1 aromatic rings. The van der Waals surface area contributed by atoms with Crippen molar-refractivity contribution < 1.29 is 21.6 Å². The summed E-state index contributed by atoms with van der Waals surface area (Å²) in [5.41, 5.74) is -4.74. The van der Waals surface area contributed by atoms with Gasteiger partial charge in [-0.25, -0.2) is 8.42 Å². The summed E-state index contributed by atoms with van der Waals surface area (Å²) in [7, 11) is -5.28. The van der Waals surface area contributed by atoms with Crippen LogP contribution in [-0.2, 0) is 9.84 Å². The molecule has 1 N–H and O–H groups in total. The molecule has 0 heterocycles. The number of benzene rings is 1.